The Morgan fingerprint density at radius 1 is 0.477 bits per heavy atom. The van der Waals surface area contributed by atoms with Crippen LogP contribution in [0.3, 0.4) is 0 Å². The number of imide groups is 1. The lowest BCUT2D eigenvalue weighted by Crippen LogP contribution is -2.45. The Bertz CT molecular complexity index is 1850. The first-order valence-electron chi connectivity index (χ1n) is 14.7. The maximum absolute atomic E-state index is 15.8. The highest BCUT2D eigenvalue weighted by atomic mass is 127. The van der Waals surface area contributed by atoms with Crippen molar-refractivity contribution in [1.82, 2.24) is 0 Å². The zero-order chi connectivity index (χ0) is 30.1. The fourth-order valence-corrected chi connectivity index (χ4v) is 8.54. The molecule has 5 aromatic carbocycles. The number of carbonyl (C=O) groups is 3. The molecule has 0 unspecified atom stereocenters. The lowest BCUT2D eigenvalue weighted by atomic mass is 9.59. The molecule has 2 amide bonds. The number of fused-ring (bicyclic) bond motifs is 5. The van der Waals surface area contributed by atoms with Gasteiger partial charge < -0.3 is 0 Å². The molecular formula is C39H26INO3. The van der Waals surface area contributed by atoms with Crippen molar-refractivity contribution in [2.45, 2.75) is 10.8 Å². The second-order valence-electron chi connectivity index (χ2n) is 11.6. The van der Waals surface area contributed by atoms with Gasteiger partial charge in [-0.15, -0.1) is 0 Å². The van der Waals surface area contributed by atoms with Crippen molar-refractivity contribution in [3.8, 4) is 0 Å². The molecule has 44 heavy (non-hydrogen) atoms. The van der Waals surface area contributed by atoms with Gasteiger partial charge in [0.1, 0.15) is 0 Å². The highest BCUT2D eigenvalue weighted by Crippen LogP contribution is 2.74. The van der Waals surface area contributed by atoms with E-state index in [4.69, 9.17) is 0 Å². The maximum atomic E-state index is 15.8. The number of halogens is 1. The average molecular weight is 684 g/mol. The molecule has 2 bridgehead atoms. The van der Waals surface area contributed by atoms with Crippen molar-refractivity contribution in [2.24, 2.45) is 11.8 Å². The smallest absolute Gasteiger partial charge is 0.239 e. The summed E-state index contributed by atoms with van der Waals surface area (Å²) in [6, 6.07) is 46.5. The van der Waals surface area contributed by atoms with E-state index in [9.17, 15) is 9.59 Å². The molecule has 1 heterocycles. The number of rotatable bonds is 5. The predicted octanol–water partition coefficient (Wildman–Crippen LogP) is 7.48. The third-order valence-corrected chi connectivity index (χ3v) is 10.4. The first-order chi connectivity index (χ1) is 21.5. The second kappa shape index (κ2) is 9.96. The van der Waals surface area contributed by atoms with Gasteiger partial charge in [0.2, 0.25) is 11.8 Å². The Morgan fingerprint density at radius 2 is 0.841 bits per heavy atom. The van der Waals surface area contributed by atoms with Crippen LogP contribution in [-0.2, 0) is 25.2 Å². The lowest BCUT2D eigenvalue weighted by molar-refractivity contribution is -0.130. The van der Waals surface area contributed by atoms with Gasteiger partial charge in [-0.2, -0.15) is 0 Å². The van der Waals surface area contributed by atoms with E-state index in [1.165, 1.54) is 4.90 Å². The Balaban J connectivity index is 1.55. The summed E-state index contributed by atoms with van der Waals surface area (Å²) in [6.07, 6.45) is 0. The molecule has 1 aliphatic heterocycles. The number of carbonyl (C=O) groups excluding carboxylic acids is 3. The molecule has 1 saturated heterocycles. The molecule has 0 radical (unpaired) electrons. The van der Waals surface area contributed by atoms with Crippen LogP contribution in [0.15, 0.2) is 146 Å². The van der Waals surface area contributed by atoms with Crippen molar-refractivity contribution >= 4 is 57.0 Å². The van der Waals surface area contributed by atoms with Crippen molar-refractivity contribution in [1.29, 1.82) is 0 Å². The number of nitrogens with zero attached hydrogens (tertiary/aromatic N) is 1. The third kappa shape index (κ3) is 3.36. The molecule has 2 aliphatic carbocycles. The normalized spacial score (nSPS) is 25.6. The minimum Gasteiger partial charge on any atom is -0.297 e. The minimum absolute atomic E-state index is 0.112. The number of ketones is 1. The first-order valence-corrected chi connectivity index (χ1v) is 15.8. The van der Waals surface area contributed by atoms with Crippen LogP contribution in [0.25, 0.3) is 11.1 Å². The van der Waals surface area contributed by atoms with Crippen molar-refractivity contribution in [3.63, 3.8) is 0 Å². The molecule has 4 nitrogen and oxygen atoms in total. The molecular weight excluding hydrogens is 657 g/mol. The zero-order valence-corrected chi connectivity index (χ0v) is 25.7. The fourth-order valence-electron chi connectivity index (χ4n) is 8.18. The van der Waals surface area contributed by atoms with E-state index in [0.29, 0.717) is 5.69 Å². The number of hydrogen-bond donors (Lipinski definition) is 0. The van der Waals surface area contributed by atoms with Crippen LogP contribution in [0.1, 0.15) is 22.3 Å². The fraction of sp³-hybridized carbons (Fsp3) is 0.103. The van der Waals surface area contributed by atoms with E-state index >= 15 is 4.79 Å². The van der Waals surface area contributed by atoms with E-state index in [1.54, 1.807) is 0 Å². The standard InChI is InChI=1S/C39H26INO3/c40-29-21-23-30(24-22-29)41-35(42)33-34(36(41)43)39(28-19-11-4-12-20-28)32(26-15-7-2-8-16-26)31(25-13-5-1-6-14-25)38(33,37(39)44)27-17-9-3-10-18-27/h1-24,33-34H/t33-,34+,38-,39-/m0/s1. The Labute approximate surface area is 269 Å². The summed E-state index contributed by atoms with van der Waals surface area (Å²) >= 11 is 2.21. The van der Waals surface area contributed by atoms with Gasteiger partial charge in [-0.25, -0.2) is 4.90 Å². The summed E-state index contributed by atoms with van der Waals surface area (Å²) in [4.78, 5) is 47.0. The number of Topliss-reactive ketones (excluding diaryl/α,β-unsaturated/α-hetero) is 1. The van der Waals surface area contributed by atoms with Crippen LogP contribution >= 0.6 is 22.6 Å². The SMILES string of the molecule is O=C1[C@@H]2[C@H](C(=O)N1c1ccc(I)cc1)[C@@]1(c3ccccc3)C(=O)[C@@]2(c2ccccc2)C(c2ccccc2)=C1c1ccccc1. The van der Waals surface area contributed by atoms with Crippen molar-refractivity contribution in [2.75, 3.05) is 4.90 Å². The van der Waals surface area contributed by atoms with Crippen LogP contribution in [0.2, 0.25) is 0 Å². The lowest BCUT2D eigenvalue weighted by Gasteiger charge is -2.39. The van der Waals surface area contributed by atoms with Gasteiger partial charge in [-0.1, -0.05) is 121 Å². The summed E-state index contributed by atoms with van der Waals surface area (Å²) in [7, 11) is 0. The largest absolute Gasteiger partial charge is 0.297 e. The van der Waals surface area contributed by atoms with Gasteiger partial charge in [-0.3, -0.25) is 14.4 Å². The topological polar surface area (TPSA) is 54.5 Å². The van der Waals surface area contributed by atoms with Crippen molar-refractivity contribution < 1.29 is 14.4 Å². The highest BCUT2D eigenvalue weighted by Gasteiger charge is 2.82. The number of benzene rings is 5. The van der Waals surface area contributed by atoms with Crippen LogP contribution in [0.4, 0.5) is 5.69 Å². The number of hydrogen-bond acceptors (Lipinski definition) is 3. The minimum atomic E-state index is -1.39. The summed E-state index contributed by atoms with van der Waals surface area (Å²) in [6.45, 7) is 0. The van der Waals surface area contributed by atoms with Gasteiger partial charge >= 0.3 is 0 Å². The van der Waals surface area contributed by atoms with Crippen molar-refractivity contribution in [3.05, 3.63) is 171 Å². The number of amides is 2. The molecule has 2 fully saturated rings. The van der Waals surface area contributed by atoms with E-state index in [2.05, 4.69) is 22.6 Å². The molecule has 0 N–H and O–H groups in total. The van der Waals surface area contributed by atoms with Crippen LogP contribution in [0, 0.1) is 15.4 Å². The van der Waals surface area contributed by atoms with Gasteiger partial charge in [0.05, 0.1) is 28.4 Å². The predicted molar refractivity (Wildman–Crippen MR) is 180 cm³/mol. The van der Waals surface area contributed by atoms with Crippen LogP contribution in [-0.4, -0.2) is 17.6 Å². The van der Waals surface area contributed by atoms with Crippen LogP contribution in [0.5, 0.6) is 0 Å². The third-order valence-electron chi connectivity index (χ3n) is 9.66. The number of allylic oxidation sites excluding steroid dienone is 2. The Morgan fingerprint density at radius 3 is 1.23 bits per heavy atom. The van der Waals surface area contributed by atoms with Gasteiger partial charge in [-0.05, 0) is 80.3 Å². The van der Waals surface area contributed by atoms with E-state index in [0.717, 1.165) is 37.0 Å². The summed E-state index contributed by atoms with van der Waals surface area (Å²) in [5.41, 5.74) is 2.54. The molecule has 5 aromatic rings. The molecule has 5 heteroatoms. The van der Waals surface area contributed by atoms with E-state index in [-0.39, 0.29) is 17.6 Å². The van der Waals surface area contributed by atoms with Crippen LogP contribution < -0.4 is 4.90 Å². The maximum Gasteiger partial charge on any atom is 0.239 e. The monoisotopic (exact) mass is 683 g/mol. The summed E-state index contributed by atoms with van der Waals surface area (Å²) < 4.78 is 1.00. The molecule has 0 aromatic heterocycles. The molecule has 212 valence electrons. The number of anilines is 1. The highest BCUT2D eigenvalue weighted by molar-refractivity contribution is 14.1. The Hall–Kier alpha value is -4.62. The molecule has 1 saturated carbocycles. The summed E-state index contributed by atoms with van der Waals surface area (Å²) in [5.74, 6) is -2.63. The zero-order valence-electron chi connectivity index (χ0n) is 23.6. The quantitative estimate of drug-likeness (QED) is 0.143. The van der Waals surface area contributed by atoms with E-state index in [1.807, 2.05) is 146 Å². The van der Waals surface area contributed by atoms with Gasteiger partial charge in [0.25, 0.3) is 0 Å². The van der Waals surface area contributed by atoms with E-state index < -0.39 is 22.7 Å². The van der Waals surface area contributed by atoms with Gasteiger partial charge in [0, 0.05) is 3.57 Å². The average Bonchev–Trinajstić information content (AvgIpc) is 3.59. The first kappa shape index (κ1) is 27.0. The summed E-state index contributed by atoms with van der Waals surface area (Å²) in [5, 5.41) is 0. The molecule has 8 rings (SSSR count). The van der Waals surface area contributed by atoms with Gasteiger partial charge in [0.15, 0.2) is 5.78 Å². The molecule has 0 spiro atoms. The Kier molecular flexibility index (Phi) is 6.10. The molecule has 3 aliphatic rings. The molecule has 4 atom stereocenters. The second-order valence-corrected chi connectivity index (χ2v) is 12.8.